The van der Waals surface area contributed by atoms with E-state index in [1.54, 1.807) is 6.07 Å². The van der Waals surface area contributed by atoms with Gasteiger partial charge in [0.15, 0.2) is 0 Å². The highest BCUT2D eigenvalue weighted by atomic mass is 79.9. The van der Waals surface area contributed by atoms with Gasteiger partial charge in [0.1, 0.15) is 6.10 Å². The fourth-order valence-electron chi connectivity index (χ4n) is 1.84. The Hall–Kier alpha value is -0.830. The standard InChI is InChI=1S/C15H14BrClO/c1-2-10-3-5-11(6-4-10)15(18)13-9-12(16)7-8-14(13)17/h3-9,15,18H,2H2,1H3. The molecule has 2 aromatic rings. The van der Waals surface area contributed by atoms with Crippen LogP contribution in [0.15, 0.2) is 46.9 Å². The van der Waals surface area contributed by atoms with Crippen LogP contribution in [0.4, 0.5) is 0 Å². The lowest BCUT2D eigenvalue weighted by Gasteiger charge is -2.14. The Kier molecular flexibility index (Phi) is 4.44. The maximum Gasteiger partial charge on any atom is 0.106 e. The Balaban J connectivity index is 2.34. The van der Waals surface area contributed by atoms with Crippen LogP contribution >= 0.6 is 27.5 Å². The Morgan fingerprint density at radius 2 is 1.83 bits per heavy atom. The van der Waals surface area contributed by atoms with Crippen molar-refractivity contribution in [3.63, 3.8) is 0 Å². The lowest BCUT2D eigenvalue weighted by Crippen LogP contribution is -2.00. The third-order valence-electron chi connectivity index (χ3n) is 2.96. The van der Waals surface area contributed by atoms with E-state index in [0.717, 1.165) is 22.0 Å². The first-order valence-corrected chi connectivity index (χ1v) is 7.00. The van der Waals surface area contributed by atoms with Crippen molar-refractivity contribution >= 4 is 27.5 Å². The van der Waals surface area contributed by atoms with Crippen molar-refractivity contribution in [2.24, 2.45) is 0 Å². The zero-order chi connectivity index (χ0) is 13.1. The van der Waals surface area contributed by atoms with E-state index in [2.05, 4.69) is 22.9 Å². The number of aliphatic hydroxyl groups excluding tert-OH is 1. The number of aryl methyl sites for hydroxylation is 1. The molecule has 0 heterocycles. The Morgan fingerprint density at radius 3 is 2.44 bits per heavy atom. The first-order valence-electron chi connectivity index (χ1n) is 5.83. The van der Waals surface area contributed by atoms with E-state index < -0.39 is 6.10 Å². The summed E-state index contributed by atoms with van der Waals surface area (Å²) in [6.45, 7) is 2.11. The monoisotopic (exact) mass is 324 g/mol. The molecular formula is C15H14BrClO. The molecule has 0 saturated carbocycles. The lowest BCUT2D eigenvalue weighted by atomic mass is 10.00. The summed E-state index contributed by atoms with van der Waals surface area (Å²) in [6.07, 6.45) is 0.300. The van der Waals surface area contributed by atoms with Crippen molar-refractivity contribution in [3.05, 3.63) is 68.7 Å². The van der Waals surface area contributed by atoms with E-state index in [0.29, 0.717) is 5.02 Å². The number of aliphatic hydroxyl groups is 1. The zero-order valence-corrected chi connectivity index (χ0v) is 12.4. The molecule has 0 radical (unpaired) electrons. The minimum absolute atomic E-state index is 0.574. The van der Waals surface area contributed by atoms with Gasteiger partial charge < -0.3 is 5.11 Å². The molecule has 0 aliphatic rings. The molecule has 0 fully saturated rings. The summed E-state index contributed by atoms with van der Waals surface area (Å²) >= 11 is 9.51. The van der Waals surface area contributed by atoms with E-state index in [4.69, 9.17) is 11.6 Å². The molecule has 0 aliphatic heterocycles. The van der Waals surface area contributed by atoms with Crippen LogP contribution in [0.2, 0.25) is 5.02 Å². The fourth-order valence-corrected chi connectivity index (χ4v) is 2.44. The number of halogens is 2. The van der Waals surface area contributed by atoms with Crippen molar-refractivity contribution in [2.45, 2.75) is 19.4 Å². The maximum absolute atomic E-state index is 10.4. The molecule has 1 unspecified atom stereocenters. The lowest BCUT2D eigenvalue weighted by molar-refractivity contribution is 0.220. The van der Waals surface area contributed by atoms with Gasteiger partial charge in [0, 0.05) is 15.1 Å². The smallest absolute Gasteiger partial charge is 0.106 e. The van der Waals surface area contributed by atoms with Gasteiger partial charge in [0.2, 0.25) is 0 Å². The molecule has 0 bridgehead atoms. The third kappa shape index (κ3) is 2.94. The summed E-state index contributed by atoms with van der Waals surface area (Å²) in [7, 11) is 0. The fraction of sp³-hybridized carbons (Fsp3) is 0.200. The Bertz CT molecular complexity index is 537. The van der Waals surface area contributed by atoms with Crippen LogP contribution in [0.5, 0.6) is 0 Å². The third-order valence-corrected chi connectivity index (χ3v) is 3.79. The van der Waals surface area contributed by atoms with E-state index >= 15 is 0 Å². The predicted octanol–water partition coefficient (Wildman–Crippen LogP) is 4.75. The average molecular weight is 326 g/mol. The molecule has 94 valence electrons. The summed E-state index contributed by atoms with van der Waals surface area (Å²) < 4.78 is 0.908. The Morgan fingerprint density at radius 1 is 1.17 bits per heavy atom. The second kappa shape index (κ2) is 5.87. The van der Waals surface area contributed by atoms with Gasteiger partial charge in [-0.1, -0.05) is 58.7 Å². The first-order chi connectivity index (χ1) is 8.61. The molecule has 0 saturated heterocycles. The number of benzene rings is 2. The van der Waals surface area contributed by atoms with Crippen LogP contribution < -0.4 is 0 Å². The molecular weight excluding hydrogens is 312 g/mol. The van der Waals surface area contributed by atoms with Crippen LogP contribution in [0.1, 0.15) is 29.7 Å². The Labute approximate surface area is 121 Å². The van der Waals surface area contributed by atoms with Crippen molar-refractivity contribution in [3.8, 4) is 0 Å². The SMILES string of the molecule is CCc1ccc(C(O)c2cc(Br)ccc2Cl)cc1. The molecule has 1 atom stereocenters. The van der Waals surface area contributed by atoms with Gasteiger partial charge in [0.25, 0.3) is 0 Å². The van der Waals surface area contributed by atoms with Crippen LogP contribution in [0.3, 0.4) is 0 Å². The molecule has 18 heavy (non-hydrogen) atoms. The molecule has 1 N–H and O–H groups in total. The summed E-state index contributed by atoms with van der Waals surface area (Å²) in [5.74, 6) is 0. The van der Waals surface area contributed by atoms with Gasteiger partial charge in [-0.15, -0.1) is 0 Å². The van der Waals surface area contributed by atoms with E-state index in [1.165, 1.54) is 5.56 Å². The second-order valence-electron chi connectivity index (χ2n) is 4.16. The van der Waals surface area contributed by atoms with Gasteiger partial charge in [-0.2, -0.15) is 0 Å². The molecule has 0 aliphatic carbocycles. The van der Waals surface area contributed by atoms with Crippen LogP contribution in [0, 0.1) is 0 Å². The highest BCUT2D eigenvalue weighted by Gasteiger charge is 2.14. The largest absolute Gasteiger partial charge is 0.384 e. The van der Waals surface area contributed by atoms with E-state index in [-0.39, 0.29) is 0 Å². The van der Waals surface area contributed by atoms with Crippen LogP contribution in [0.25, 0.3) is 0 Å². The molecule has 2 aromatic carbocycles. The van der Waals surface area contributed by atoms with Gasteiger partial charge in [0.05, 0.1) is 0 Å². The topological polar surface area (TPSA) is 20.2 Å². The summed E-state index contributed by atoms with van der Waals surface area (Å²) in [6, 6.07) is 13.4. The molecule has 0 amide bonds. The van der Waals surface area contributed by atoms with Crippen LogP contribution in [-0.2, 0) is 6.42 Å². The summed E-state index contributed by atoms with van der Waals surface area (Å²) in [4.78, 5) is 0. The van der Waals surface area contributed by atoms with E-state index in [9.17, 15) is 5.11 Å². The summed E-state index contributed by atoms with van der Waals surface area (Å²) in [5.41, 5.74) is 2.83. The van der Waals surface area contributed by atoms with Crippen molar-refractivity contribution in [1.82, 2.24) is 0 Å². The van der Waals surface area contributed by atoms with Gasteiger partial charge in [-0.05, 0) is 35.7 Å². The van der Waals surface area contributed by atoms with Gasteiger partial charge in [-0.3, -0.25) is 0 Å². The number of rotatable bonds is 3. The normalized spacial score (nSPS) is 12.4. The summed E-state index contributed by atoms with van der Waals surface area (Å²) in [5, 5.41) is 10.9. The maximum atomic E-state index is 10.4. The predicted molar refractivity (Wildman–Crippen MR) is 79.0 cm³/mol. The van der Waals surface area contributed by atoms with Gasteiger partial charge >= 0.3 is 0 Å². The highest BCUT2D eigenvalue weighted by molar-refractivity contribution is 9.10. The minimum atomic E-state index is -0.694. The van der Waals surface area contributed by atoms with Crippen molar-refractivity contribution < 1.29 is 5.11 Å². The molecule has 0 aromatic heterocycles. The first kappa shape index (κ1) is 13.6. The number of hydrogen-bond donors (Lipinski definition) is 1. The molecule has 2 rings (SSSR count). The minimum Gasteiger partial charge on any atom is -0.384 e. The van der Waals surface area contributed by atoms with E-state index in [1.807, 2.05) is 36.4 Å². The quantitative estimate of drug-likeness (QED) is 0.863. The molecule has 0 spiro atoms. The van der Waals surface area contributed by atoms with Gasteiger partial charge in [-0.25, -0.2) is 0 Å². The zero-order valence-electron chi connectivity index (χ0n) is 10.0. The van der Waals surface area contributed by atoms with Crippen molar-refractivity contribution in [2.75, 3.05) is 0 Å². The second-order valence-corrected chi connectivity index (χ2v) is 5.49. The molecule has 1 nitrogen and oxygen atoms in total. The van der Waals surface area contributed by atoms with Crippen LogP contribution in [-0.4, -0.2) is 5.11 Å². The average Bonchev–Trinajstić information content (AvgIpc) is 2.41. The van der Waals surface area contributed by atoms with Crippen molar-refractivity contribution in [1.29, 1.82) is 0 Å². The highest BCUT2D eigenvalue weighted by Crippen LogP contribution is 2.30. The number of hydrogen-bond acceptors (Lipinski definition) is 1. The molecule has 3 heteroatoms.